The van der Waals surface area contributed by atoms with E-state index in [1.165, 1.54) is 11.3 Å². The number of pyridine rings is 1. The van der Waals surface area contributed by atoms with Crippen molar-refractivity contribution in [2.24, 2.45) is 5.73 Å². The maximum absolute atomic E-state index is 11.5. The van der Waals surface area contributed by atoms with Crippen LogP contribution in [0.5, 0.6) is 11.5 Å². The first-order chi connectivity index (χ1) is 17.7. The molecule has 0 aliphatic carbocycles. The molecular formula is C28H19N5O2S. The monoisotopic (exact) mass is 489 g/mol. The van der Waals surface area contributed by atoms with E-state index in [1.54, 1.807) is 18.3 Å². The quantitative estimate of drug-likeness (QED) is 0.275. The summed E-state index contributed by atoms with van der Waals surface area (Å²) < 4.78 is 6.86. The normalized spacial score (nSPS) is 11.0. The zero-order valence-electron chi connectivity index (χ0n) is 18.9. The van der Waals surface area contributed by atoms with Gasteiger partial charge in [-0.2, -0.15) is 0 Å². The number of aromatic nitrogens is 3. The first-order valence-electron chi connectivity index (χ1n) is 11.2. The highest BCUT2D eigenvalue weighted by Gasteiger charge is 2.13. The highest BCUT2D eigenvalue weighted by Crippen LogP contribution is 2.36. The fourth-order valence-corrected chi connectivity index (χ4v) is 4.91. The lowest BCUT2D eigenvalue weighted by atomic mass is 10.0. The number of primary amides is 1. The summed E-state index contributed by atoms with van der Waals surface area (Å²) in [6.07, 6.45) is 1.65. The average molecular weight is 490 g/mol. The van der Waals surface area contributed by atoms with Crippen LogP contribution in [-0.4, -0.2) is 21.1 Å². The molecule has 3 aromatic carbocycles. The second-order valence-electron chi connectivity index (χ2n) is 8.06. The van der Waals surface area contributed by atoms with Gasteiger partial charge in [0.25, 0.3) is 5.91 Å². The van der Waals surface area contributed by atoms with Gasteiger partial charge >= 0.3 is 0 Å². The Hall–Kier alpha value is -4.82. The predicted octanol–water partition coefficient (Wildman–Crippen LogP) is 6.54. The topological polar surface area (TPSA) is 103 Å². The molecule has 1 amide bonds. The molecule has 0 atom stereocenters. The van der Waals surface area contributed by atoms with Gasteiger partial charge in [-0.05, 0) is 30.3 Å². The van der Waals surface area contributed by atoms with Gasteiger partial charge in [0.15, 0.2) is 5.82 Å². The molecule has 0 aliphatic heterocycles. The van der Waals surface area contributed by atoms with Crippen LogP contribution in [0.25, 0.3) is 32.2 Å². The molecule has 3 heterocycles. The maximum Gasteiger partial charge on any atom is 0.258 e. The largest absolute Gasteiger partial charge is 0.456 e. The van der Waals surface area contributed by atoms with E-state index < -0.39 is 5.91 Å². The Kier molecular flexibility index (Phi) is 5.48. The molecule has 3 N–H and O–H groups in total. The zero-order valence-corrected chi connectivity index (χ0v) is 19.7. The molecule has 0 saturated heterocycles. The van der Waals surface area contributed by atoms with Crippen LogP contribution in [0.15, 0.2) is 97.2 Å². The Morgan fingerprint density at radius 3 is 2.39 bits per heavy atom. The van der Waals surface area contributed by atoms with Gasteiger partial charge < -0.3 is 15.8 Å². The summed E-state index contributed by atoms with van der Waals surface area (Å²) in [5.41, 5.74) is 8.81. The van der Waals surface area contributed by atoms with Gasteiger partial charge in [0.2, 0.25) is 0 Å². The molecule has 8 heteroatoms. The van der Waals surface area contributed by atoms with Crippen LogP contribution in [0.4, 0.5) is 11.5 Å². The number of anilines is 2. The highest BCUT2D eigenvalue weighted by molar-refractivity contribution is 7.21. The summed E-state index contributed by atoms with van der Waals surface area (Å²) in [7, 11) is 0. The fourth-order valence-electron chi connectivity index (χ4n) is 3.99. The number of nitrogens with two attached hydrogens (primary N) is 1. The minimum absolute atomic E-state index is 0.444. The number of hydrogen-bond acceptors (Lipinski definition) is 7. The minimum atomic E-state index is -0.480. The molecule has 7 nitrogen and oxygen atoms in total. The van der Waals surface area contributed by atoms with Crippen molar-refractivity contribution in [1.29, 1.82) is 0 Å². The van der Waals surface area contributed by atoms with E-state index in [1.807, 2.05) is 72.8 Å². The van der Waals surface area contributed by atoms with Crippen molar-refractivity contribution in [2.75, 3.05) is 5.32 Å². The van der Waals surface area contributed by atoms with E-state index >= 15 is 0 Å². The Morgan fingerprint density at radius 1 is 0.861 bits per heavy atom. The van der Waals surface area contributed by atoms with Crippen LogP contribution < -0.4 is 15.8 Å². The molecule has 3 aromatic heterocycles. The number of hydrogen-bond donors (Lipinski definition) is 2. The van der Waals surface area contributed by atoms with Crippen LogP contribution in [0, 0.1) is 0 Å². The Balaban J connectivity index is 1.27. The van der Waals surface area contributed by atoms with E-state index in [4.69, 9.17) is 10.5 Å². The van der Waals surface area contributed by atoms with Crippen molar-refractivity contribution in [3.05, 3.63) is 102 Å². The van der Waals surface area contributed by atoms with Gasteiger partial charge in [-0.25, -0.2) is 0 Å². The third-order valence-corrected chi connectivity index (χ3v) is 6.85. The number of carbonyl (C=O) groups is 1. The number of ether oxygens (including phenoxy) is 1. The second-order valence-corrected chi connectivity index (χ2v) is 9.11. The number of benzene rings is 3. The Bertz CT molecular complexity index is 1720. The number of fused-ring (bicyclic) bond motifs is 2. The molecule has 0 radical (unpaired) electrons. The summed E-state index contributed by atoms with van der Waals surface area (Å²) in [4.78, 5) is 16.3. The average Bonchev–Trinajstić information content (AvgIpc) is 3.37. The highest BCUT2D eigenvalue weighted by atomic mass is 32.1. The van der Waals surface area contributed by atoms with Gasteiger partial charge in [0, 0.05) is 34.3 Å². The summed E-state index contributed by atoms with van der Waals surface area (Å²) >= 11 is 1.27. The SMILES string of the molecule is NC(=O)c1cc2nccc(Oc3ccc(Nc4nnc(-c5ccccc5)c5ccccc45)cc3)c2s1. The smallest absolute Gasteiger partial charge is 0.258 e. The van der Waals surface area contributed by atoms with E-state index in [9.17, 15) is 4.79 Å². The second kappa shape index (κ2) is 9.09. The lowest BCUT2D eigenvalue weighted by Crippen LogP contribution is -2.08. The van der Waals surface area contributed by atoms with Gasteiger partial charge in [0.1, 0.15) is 17.2 Å². The molecule has 6 rings (SSSR count). The maximum atomic E-state index is 11.5. The van der Waals surface area contributed by atoms with Crippen LogP contribution >= 0.6 is 11.3 Å². The third kappa shape index (κ3) is 4.10. The van der Waals surface area contributed by atoms with Crippen LogP contribution in [-0.2, 0) is 0 Å². The molecule has 0 saturated carbocycles. The van der Waals surface area contributed by atoms with E-state index in [0.717, 1.165) is 32.4 Å². The van der Waals surface area contributed by atoms with Gasteiger partial charge in [-0.15, -0.1) is 21.5 Å². The lowest BCUT2D eigenvalue weighted by Gasteiger charge is -2.12. The molecule has 36 heavy (non-hydrogen) atoms. The van der Waals surface area contributed by atoms with Crippen LogP contribution in [0.1, 0.15) is 9.67 Å². The Morgan fingerprint density at radius 2 is 1.61 bits per heavy atom. The summed E-state index contributed by atoms with van der Waals surface area (Å²) in [6.45, 7) is 0. The first-order valence-corrected chi connectivity index (χ1v) is 12.0. The molecule has 0 fully saturated rings. The summed E-state index contributed by atoms with van der Waals surface area (Å²) in [5, 5.41) is 14.4. The Labute approximate surface area is 210 Å². The molecule has 0 unspecified atom stereocenters. The van der Waals surface area contributed by atoms with Crippen LogP contribution in [0.2, 0.25) is 0 Å². The number of thiophene rings is 1. The molecular weight excluding hydrogens is 470 g/mol. The van der Waals surface area contributed by atoms with Crippen molar-refractivity contribution >= 4 is 49.7 Å². The third-order valence-electron chi connectivity index (χ3n) is 5.70. The number of amides is 1. The number of nitrogens with zero attached hydrogens (tertiary/aromatic N) is 3. The minimum Gasteiger partial charge on any atom is -0.456 e. The summed E-state index contributed by atoms with van der Waals surface area (Å²) in [6, 6.07) is 29.1. The predicted molar refractivity (Wildman–Crippen MR) is 143 cm³/mol. The number of carbonyl (C=O) groups excluding carboxylic acids is 1. The van der Waals surface area contributed by atoms with Gasteiger partial charge in [-0.3, -0.25) is 9.78 Å². The van der Waals surface area contributed by atoms with E-state index in [2.05, 4.69) is 26.6 Å². The molecule has 174 valence electrons. The lowest BCUT2D eigenvalue weighted by molar-refractivity contribution is 0.100. The van der Waals surface area contributed by atoms with Gasteiger partial charge in [0.05, 0.1) is 15.1 Å². The van der Waals surface area contributed by atoms with Crippen molar-refractivity contribution in [2.45, 2.75) is 0 Å². The first kappa shape index (κ1) is 21.7. The number of rotatable bonds is 6. The number of nitrogens with one attached hydrogen (secondary N) is 1. The standard InChI is InChI=1S/C28H19N5O2S/c29-27(34)24-16-22-26(36-24)23(14-15-30-22)35-19-12-10-18(11-13-19)31-28-21-9-5-4-8-20(21)25(32-33-28)17-6-2-1-3-7-17/h1-16H,(H2,29,34)(H,31,33). The van der Waals surface area contributed by atoms with Crippen molar-refractivity contribution < 1.29 is 9.53 Å². The molecule has 0 aliphatic rings. The van der Waals surface area contributed by atoms with Crippen molar-refractivity contribution in [3.8, 4) is 22.8 Å². The zero-order chi connectivity index (χ0) is 24.5. The molecule has 6 aromatic rings. The van der Waals surface area contributed by atoms with E-state index in [-0.39, 0.29) is 0 Å². The molecule has 0 bridgehead atoms. The van der Waals surface area contributed by atoms with Crippen molar-refractivity contribution in [3.63, 3.8) is 0 Å². The molecule has 0 spiro atoms. The van der Waals surface area contributed by atoms with E-state index in [0.29, 0.717) is 27.7 Å². The fraction of sp³-hybridized carbons (Fsp3) is 0. The summed E-state index contributed by atoms with van der Waals surface area (Å²) in [5.74, 6) is 1.46. The van der Waals surface area contributed by atoms with Gasteiger partial charge in [-0.1, -0.05) is 54.6 Å². The van der Waals surface area contributed by atoms with Crippen molar-refractivity contribution in [1.82, 2.24) is 15.2 Å². The van der Waals surface area contributed by atoms with Crippen LogP contribution in [0.3, 0.4) is 0 Å².